The number of sulfonamides is 1. The topological polar surface area (TPSA) is 101 Å². The van der Waals surface area contributed by atoms with E-state index in [1.807, 2.05) is 54.6 Å². The molecular weight excluding hydrogens is 605 g/mol. The van der Waals surface area contributed by atoms with E-state index in [-0.39, 0.29) is 11.3 Å². The molecule has 2 heterocycles. The van der Waals surface area contributed by atoms with Gasteiger partial charge in [-0.05, 0) is 60.0 Å². The zero-order valence-corrected chi connectivity index (χ0v) is 26.6. The van der Waals surface area contributed by atoms with Crippen molar-refractivity contribution in [1.82, 2.24) is 5.32 Å². The fourth-order valence-corrected chi connectivity index (χ4v) is 6.00. The Labute approximate surface area is 266 Å². The Morgan fingerprint density at radius 1 is 0.935 bits per heavy atom. The second-order valence-corrected chi connectivity index (χ2v) is 13.0. The van der Waals surface area contributed by atoms with Crippen molar-refractivity contribution in [2.75, 3.05) is 31.2 Å². The van der Waals surface area contributed by atoms with Gasteiger partial charge in [0.15, 0.2) is 0 Å². The highest BCUT2D eigenvalue weighted by Crippen LogP contribution is 2.41. The molecule has 0 radical (unpaired) electrons. The van der Waals surface area contributed by atoms with E-state index in [4.69, 9.17) is 14.1 Å². The fraction of sp³-hybridized carbons (Fsp3) is 0.167. The standard InChI is InChI=1S/C36H32FN3O5S/c1-5-22-21-39-36(45-33(22)23-10-7-6-8-11-23)26-13-9-12-25(18-26)28-19-29-31(20-30(28)40(3)46(4,42)43)44-34(32(29)35(41)38-2)24-14-16-27(37)17-15-24/h6-20H,5,21H2,1-4H3,(H,38,41). The Bertz CT molecular complexity index is 2140. The molecule has 1 amide bonds. The molecular formula is C36H32FN3O5S. The van der Waals surface area contributed by atoms with Crippen molar-refractivity contribution in [3.05, 3.63) is 119 Å². The Kier molecular flexibility index (Phi) is 8.22. The molecule has 5 aromatic rings. The van der Waals surface area contributed by atoms with Crippen LogP contribution in [0.5, 0.6) is 0 Å². The molecule has 0 spiro atoms. The van der Waals surface area contributed by atoms with Gasteiger partial charge in [-0.15, -0.1) is 0 Å². The lowest BCUT2D eigenvalue weighted by Gasteiger charge is -2.22. The predicted molar refractivity (Wildman–Crippen MR) is 180 cm³/mol. The molecule has 0 saturated heterocycles. The minimum Gasteiger partial charge on any atom is -0.455 e. The number of benzene rings is 4. The van der Waals surface area contributed by atoms with Crippen molar-refractivity contribution in [1.29, 1.82) is 0 Å². The van der Waals surface area contributed by atoms with E-state index in [0.717, 1.165) is 29.6 Å². The Hall–Kier alpha value is -5.22. The number of hydrogen-bond acceptors (Lipinski definition) is 6. The average molecular weight is 638 g/mol. The number of carbonyl (C=O) groups is 1. The van der Waals surface area contributed by atoms with Crippen LogP contribution in [-0.2, 0) is 14.8 Å². The quantitative estimate of drug-likeness (QED) is 0.193. The van der Waals surface area contributed by atoms with Gasteiger partial charge < -0.3 is 14.5 Å². The summed E-state index contributed by atoms with van der Waals surface area (Å²) in [5, 5.41) is 3.13. The first-order chi connectivity index (χ1) is 22.1. The van der Waals surface area contributed by atoms with Gasteiger partial charge in [0.1, 0.15) is 22.9 Å². The van der Waals surface area contributed by atoms with E-state index in [1.54, 1.807) is 12.1 Å². The van der Waals surface area contributed by atoms with Gasteiger partial charge in [-0.2, -0.15) is 0 Å². The summed E-state index contributed by atoms with van der Waals surface area (Å²) in [5.41, 5.74) is 5.38. The summed E-state index contributed by atoms with van der Waals surface area (Å²) in [6.45, 7) is 2.56. The summed E-state index contributed by atoms with van der Waals surface area (Å²) in [4.78, 5) is 18.0. The first kappa shape index (κ1) is 30.8. The van der Waals surface area contributed by atoms with Crippen LogP contribution in [0.1, 0.15) is 34.8 Å². The Morgan fingerprint density at radius 3 is 2.30 bits per heavy atom. The van der Waals surface area contributed by atoms with Crippen molar-refractivity contribution < 1.29 is 26.8 Å². The van der Waals surface area contributed by atoms with E-state index < -0.39 is 21.7 Å². The molecule has 1 aliphatic heterocycles. The zero-order valence-electron chi connectivity index (χ0n) is 25.8. The molecule has 6 rings (SSSR count). The first-order valence-corrected chi connectivity index (χ1v) is 16.6. The Balaban J connectivity index is 1.52. The molecule has 0 aliphatic carbocycles. The molecule has 0 atom stereocenters. The lowest BCUT2D eigenvalue weighted by Crippen LogP contribution is -2.25. The predicted octanol–water partition coefficient (Wildman–Crippen LogP) is 7.26. The second kappa shape index (κ2) is 12.3. The summed E-state index contributed by atoms with van der Waals surface area (Å²) >= 11 is 0. The zero-order chi connectivity index (χ0) is 32.6. The van der Waals surface area contributed by atoms with E-state index in [0.29, 0.717) is 51.4 Å². The van der Waals surface area contributed by atoms with Gasteiger partial charge >= 0.3 is 0 Å². The molecule has 234 valence electrons. The molecule has 1 aromatic heterocycles. The number of halogens is 1. The molecule has 1 aliphatic rings. The highest BCUT2D eigenvalue weighted by atomic mass is 32.2. The summed E-state index contributed by atoms with van der Waals surface area (Å²) in [6.07, 6.45) is 1.91. The van der Waals surface area contributed by atoms with Crippen molar-refractivity contribution in [3.8, 4) is 22.5 Å². The lowest BCUT2D eigenvalue weighted by molar-refractivity contribution is 0.0964. The van der Waals surface area contributed by atoms with E-state index in [2.05, 4.69) is 12.2 Å². The molecule has 0 bridgehead atoms. The van der Waals surface area contributed by atoms with Crippen molar-refractivity contribution >= 4 is 44.2 Å². The molecule has 46 heavy (non-hydrogen) atoms. The number of carbonyl (C=O) groups excluding carboxylic acids is 1. The van der Waals surface area contributed by atoms with Gasteiger partial charge in [0.25, 0.3) is 5.91 Å². The molecule has 10 heteroatoms. The van der Waals surface area contributed by atoms with Crippen LogP contribution in [0.3, 0.4) is 0 Å². The molecule has 0 saturated carbocycles. The van der Waals surface area contributed by atoms with Crippen LogP contribution < -0.4 is 9.62 Å². The van der Waals surface area contributed by atoms with E-state index in [9.17, 15) is 17.6 Å². The summed E-state index contributed by atoms with van der Waals surface area (Å²) < 4.78 is 53.2. The number of aliphatic imine (C=N–C) groups is 1. The number of rotatable bonds is 8. The normalized spacial score (nSPS) is 13.4. The number of ether oxygens (including phenoxy) is 1. The maximum absolute atomic E-state index is 13.7. The molecule has 1 N–H and O–H groups in total. The third-order valence-corrected chi connectivity index (χ3v) is 9.21. The molecule has 8 nitrogen and oxygen atoms in total. The maximum Gasteiger partial charge on any atom is 0.255 e. The van der Waals surface area contributed by atoms with E-state index in [1.165, 1.54) is 42.7 Å². The van der Waals surface area contributed by atoms with E-state index >= 15 is 0 Å². The minimum absolute atomic E-state index is 0.241. The number of fused-ring (bicyclic) bond motifs is 1. The first-order valence-electron chi connectivity index (χ1n) is 14.7. The maximum atomic E-state index is 13.7. The summed E-state index contributed by atoms with van der Waals surface area (Å²) in [7, 11) is -0.722. The van der Waals surface area contributed by atoms with Gasteiger partial charge in [0.2, 0.25) is 15.9 Å². The van der Waals surface area contributed by atoms with Crippen molar-refractivity contribution in [3.63, 3.8) is 0 Å². The van der Waals surface area contributed by atoms with Crippen LogP contribution in [-0.4, -0.2) is 47.1 Å². The van der Waals surface area contributed by atoms with Gasteiger partial charge in [0.05, 0.1) is 24.1 Å². The largest absolute Gasteiger partial charge is 0.455 e. The fourth-order valence-electron chi connectivity index (χ4n) is 5.49. The van der Waals surface area contributed by atoms with Gasteiger partial charge in [-0.3, -0.25) is 9.10 Å². The second-order valence-electron chi connectivity index (χ2n) is 10.9. The van der Waals surface area contributed by atoms with Crippen LogP contribution in [0.2, 0.25) is 0 Å². The molecule has 0 unspecified atom stereocenters. The van der Waals surface area contributed by atoms with Crippen molar-refractivity contribution in [2.24, 2.45) is 4.99 Å². The lowest BCUT2D eigenvalue weighted by atomic mass is 9.97. The number of hydrogen-bond donors (Lipinski definition) is 1. The minimum atomic E-state index is -3.70. The average Bonchev–Trinajstić information content (AvgIpc) is 3.45. The monoisotopic (exact) mass is 637 g/mol. The number of nitrogens with one attached hydrogen (secondary N) is 1. The molecule has 4 aromatic carbocycles. The summed E-state index contributed by atoms with van der Waals surface area (Å²) in [5.74, 6) is 0.637. The third kappa shape index (κ3) is 5.79. The number of nitrogens with zero attached hydrogens (tertiary/aromatic N) is 2. The number of amides is 1. The summed E-state index contributed by atoms with van der Waals surface area (Å²) in [6, 6.07) is 26.4. The smallest absolute Gasteiger partial charge is 0.255 e. The van der Waals surface area contributed by atoms with Gasteiger partial charge in [-0.1, -0.05) is 49.4 Å². The van der Waals surface area contributed by atoms with Crippen LogP contribution in [0.25, 0.3) is 39.2 Å². The molecule has 0 fully saturated rings. The number of furan rings is 1. The van der Waals surface area contributed by atoms with Gasteiger partial charge in [-0.25, -0.2) is 17.8 Å². The SMILES string of the molecule is CCC1=C(c2ccccc2)OC(c2cccc(-c3cc4c(C(=O)NC)c(-c5ccc(F)cc5)oc4cc3N(C)S(C)(=O)=O)c2)=NC1. The van der Waals surface area contributed by atoms with Crippen LogP contribution in [0.4, 0.5) is 10.1 Å². The highest BCUT2D eigenvalue weighted by Gasteiger charge is 2.27. The Morgan fingerprint density at radius 2 is 1.63 bits per heavy atom. The number of anilines is 1. The highest BCUT2D eigenvalue weighted by molar-refractivity contribution is 7.92. The van der Waals surface area contributed by atoms with Crippen LogP contribution in [0.15, 0.2) is 106 Å². The van der Waals surface area contributed by atoms with Crippen LogP contribution >= 0.6 is 0 Å². The third-order valence-electron chi connectivity index (χ3n) is 8.02. The van der Waals surface area contributed by atoms with Crippen LogP contribution in [0, 0.1) is 5.82 Å². The van der Waals surface area contributed by atoms with Crippen molar-refractivity contribution in [2.45, 2.75) is 13.3 Å². The van der Waals surface area contributed by atoms with Gasteiger partial charge in [0, 0.05) is 47.8 Å².